The van der Waals surface area contributed by atoms with E-state index in [9.17, 15) is 18.0 Å². The molecule has 0 aliphatic carbocycles. The Morgan fingerprint density at radius 3 is 2.42 bits per heavy atom. The molecule has 1 atom stereocenters. The van der Waals surface area contributed by atoms with Crippen LogP contribution in [-0.4, -0.2) is 54.4 Å². The van der Waals surface area contributed by atoms with E-state index in [1.54, 1.807) is 0 Å². The largest absolute Gasteiger partial charge is 0.478 e. The molecular formula is C12H19NO5S. The molecule has 1 aliphatic heterocycles. The predicted molar refractivity (Wildman–Crippen MR) is 70.4 cm³/mol. The number of rotatable bonds is 5. The molecule has 1 rings (SSSR count). The lowest BCUT2D eigenvalue weighted by atomic mass is 10.1. The maximum absolute atomic E-state index is 12.0. The van der Waals surface area contributed by atoms with E-state index in [0.717, 1.165) is 12.2 Å². The van der Waals surface area contributed by atoms with Gasteiger partial charge < -0.3 is 10.0 Å². The minimum Gasteiger partial charge on any atom is -0.478 e. The molecule has 1 fully saturated rings. The molecule has 1 N–H and O–H groups in total. The van der Waals surface area contributed by atoms with Crippen LogP contribution in [0.2, 0.25) is 0 Å². The van der Waals surface area contributed by atoms with E-state index in [4.69, 9.17) is 5.11 Å². The third kappa shape index (κ3) is 5.02. The number of carboxylic acid groups (broad SMARTS) is 1. The van der Waals surface area contributed by atoms with E-state index >= 15 is 0 Å². The van der Waals surface area contributed by atoms with Gasteiger partial charge in [-0.25, -0.2) is 13.2 Å². The minimum absolute atomic E-state index is 0.0353. The zero-order valence-electron chi connectivity index (χ0n) is 11.1. The lowest BCUT2D eigenvalue weighted by Crippen LogP contribution is -2.42. The smallest absolute Gasteiger partial charge is 0.328 e. The zero-order chi connectivity index (χ0) is 14.6. The molecule has 6 nitrogen and oxygen atoms in total. The first-order valence-electron chi connectivity index (χ1n) is 6.13. The summed E-state index contributed by atoms with van der Waals surface area (Å²) in [6, 6.07) is -0.349. The summed E-state index contributed by atoms with van der Waals surface area (Å²) in [5.41, 5.74) is 0. The van der Waals surface area contributed by atoms with Crippen LogP contribution in [0.3, 0.4) is 0 Å². The van der Waals surface area contributed by atoms with Gasteiger partial charge in [-0.15, -0.1) is 0 Å². The second-order valence-corrected chi connectivity index (χ2v) is 7.34. The molecule has 0 aromatic carbocycles. The summed E-state index contributed by atoms with van der Waals surface area (Å²) in [7, 11) is -3.08. The van der Waals surface area contributed by atoms with Crippen molar-refractivity contribution in [2.24, 2.45) is 5.92 Å². The molecule has 1 amide bonds. The molecule has 0 bridgehead atoms. The van der Waals surface area contributed by atoms with Crippen LogP contribution >= 0.6 is 0 Å². The van der Waals surface area contributed by atoms with Crippen LogP contribution in [0.25, 0.3) is 0 Å². The van der Waals surface area contributed by atoms with Crippen LogP contribution in [0.1, 0.15) is 20.3 Å². The van der Waals surface area contributed by atoms with Crippen molar-refractivity contribution in [3.8, 4) is 0 Å². The summed E-state index contributed by atoms with van der Waals surface area (Å²) < 4.78 is 22.9. The number of nitrogens with zero attached hydrogens (tertiary/aromatic N) is 1. The van der Waals surface area contributed by atoms with Crippen molar-refractivity contribution in [1.29, 1.82) is 0 Å². The predicted octanol–water partition coefficient (Wildman–Crippen LogP) is 0.299. The molecule has 0 aromatic heterocycles. The van der Waals surface area contributed by atoms with Crippen LogP contribution in [0.4, 0.5) is 0 Å². The molecule has 0 spiro atoms. The van der Waals surface area contributed by atoms with Gasteiger partial charge in [-0.1, -0.05) is 13.8 Å². The number of sulfone groups is 1. The van der Waals surface area contributed by atoms with Gasteiger partial charge in [0.05, 0.1) is 11.5 Å². The van der Waals surface area contributed by atoms with Gasteiger partial charge in [0, 0.05) is 24.7 Å². The summed E-state index contributed by atoms with van der Waals surface area (Å²) in [6.07, 6.45) is 2.18. The summed E-state index contributed by atoms with van der Waals surface area (Å²) in [5.74, 6) is -1.41. The third-order valence-electron chi connectivity index (χ3n) is 2.86. The van der Waals surface area contributed by atoms with Crippen molar-refractivity contribution in [3.05, 3.63) is 12.2 Å². The number of carbonyl (C=O) groups excluding carboxylic acids is 1. The SMILES string of the molecule is CC(C)CN(C(=O)C=CC(=O)O)C1CCS(=O)(=O)C1. The van der Waals surface area contributed by atoms with E-state index in [-0.39, 0.29) is 23.5 Å². The molecular weight excluding hydrogens is 270 g/mol. The molecule has 19 heavy (non-hydrogen) atoms. The number of aliphatic carboxylic acids is 1. The van der Waals surface area contributed by atoms with Crippen molar-refractivity contribution in [2.45, 2.75) is 26.3 Å². The topological polar surface area (TPSA) is 91.8 Å². The highest BCUT2D eigenvalue weighted by molar-refractivity contribution is 7.91. The maximum atomic E-state index is 12.0. The van der Waals surface area contributed by atoms with Gasteiger partial charge in [0.25, 0.3) is 0 Å². The molecule has 1 unspecified atom stereocenters. The average Bonchev–Trinajstić information content (AvgIpc) is 2.62. The van der Waals surface area contributed by atoms with Gasteiger partial charge in [-0.3, -0.25) is 4.79 Å². The first-order chi connectivity index (χ1) is 8.71. The highest BCUT2D eigenvalue weighted by Gasteiger charge is 2.34. The van der Waals surface area contributed by atoms with E-state index in [2.05, 4.69) is 0 Å². The summed E-state index contributed by atoms with van der Waals surface area (Å²) in [6.45, 7) is 4.26. The molecule has 7 heteroatoms. The Hall–Kier alpha value is -1.37. The van der Waals surface area contributed by atoms with Crippen molar-refractivity contribution in [2.75, 3.05) is 18.1 Å². The number of hydrogen-bond acceptors (Lipinski definition) is 4. The van der Waals surface area contributed by atoms with E-state index in [0.29, 0.717) is 13.0 Å². The standard InChI is InChI=1S/C12H19NO5S/c1-9(2)7-13(11(14)3-4-12(15)16)10-5-6-19(17,18)8-10/h3-4,9-10H,5-8H2,1-2H3,(H,15,16). The second kappa shape index (κ2) is 6.18. The van der Waals surface area contributed by atoms with Crippen molar-refractivity contribution < 1.29 is 23.1 Å². The number of carboxylic acids is 1. The van der Waals surface area contributed by atoms with Crippen LogP contribution in [-0.2, 0) is 19.4 Å². The highest BCUT2D eigenvalue weighted by Crippen LogP contribution is 2.19. The Bertz CT molecular complexity index is 480. The number of hydrogen-bond donors (Lipinski definition) is 1. The van der Waals surface area contributed by atoms with E-state index < -0.39 is 21.7 Å². The zero-order valence-corrected chi connectivity index (χ0v) is 11.9. The van der Waals surface area contributed by atoms with E-state index in [1.807, 2.05) is 13.8 Å². The van der Waals surface area contributed by atoms with Crippen molar-refractivity contribution in [3.63, 3.8) is 0 Å². The molecule has 1 saturated heterocycles. The lowest BCUT2D eigenvalue weighted by molar-refractivity contribution is -0.132. The Morgan fingerprint density at radius 1 is 1.37 bits per heavy atom. The fourth-order valence-corrected chi connectivity index (χ4v) is 3.80. The molecule has 1 heterocycles. The third-order valence-corrected chi connectivity index (χ3v) is 4.61. The normalized spacial score (nSPS) is 21.9. The van der Waals surface area contributed by atoms with Crippen molar-refractivity contribution in [1.82, 2.24) is 4.90 Å². The Kier molecular flexibility index (Phi) is 5.11. The molecule has 0 saturated carbocycles. The van der Waals surface area contributed by atoms with E-state index in [1.165, 1.54) is 4.90 Å². The first kappa shape index (κ1) is 15.7. The number of carbonyl (C=O) groups is 2. The summed E-state index contributed by atoms with van der Waals surface area (Å²) in [5, 5.41) is 8.52. The van der Waals surface area contributed by atoms with Gasteiger partial charge in [0.1, 0.15) is 0 Å². The molecule has 0 aromatic rings. The first-order valence-corrected chi connectivity index (χ1v) is 7.95. The lowest BCUT2D eigenvalue weighted by Gasteiger charge is -2.28. The van der Waals surface area contributed by atoms with Crippen LogP contribution in [0, 0.1) is 5.92 Å². The van der Waals surface area contributed by atoms with Gasteiger partial charge in [0.2, 0.25) is 5.91 Å². The van der Waals surface area contributed by atoms with Gasteiger partial charge in [-0.05, 0) is 12.3 Å². The molecule has 0 radical (unpaired) electrons. The average molecular weight is 289 g/mol. The Morgan fingerprint density at radius 2 is 2.00 bits per heavy atom. The van der Waals surface area contributed by atoms with Crippen LogP contribution < -0.4 is 0 Å². The Balaban J connectivity index is 2.83. The van der Waals surface area contributed by atoms with Gasteiger partial charge in [-0.2, -0.15) is 0 Å². The monoisotopic (exact) mass is 289 g/mol. The van der Waals surface area contributed by atoms with Crippen LogP contribution in [0.15, 0.2) is 12.2 Å². The maximum Gasteiger partial charge on any atom is 0.328 e. The highest BCUT2D eigenvalue weighted by atomic mass is 32.2. The Labute approximate surface area is 113 Å². The minimum atomic E-state index is -3.08. The molecule has 1 aliphatic rings. The second-order valence-electron chi connectivity index (χ2n) is 5.11. The van der Waals surface area contributed by atoms with Crippen LogP contribution in [0.5, 0.6) is 0 Å². The summed E-state index contributed by atoms with van der Waals surface area (Å²) in [4.78, 5) is 23.8. The summed E-state index contributed by atoms with van der Waals surface area (Å²) >= 11 is 0. The van der Waals surface area contributed by atoms with Gasteiger partial charge in [0.15, 0.2) is 9.84 Å². The quantitative estimate of drug-likeness (QED) is 0.735. The van der Waals surface area contributed by atoms with Gasteiger partial charge >= 0.3 is 5.97 Å². The fraction of sp³-hybridized carbons (Fsp3) is 0.667. The number of amides is 1. The molecule has 108 valence electrons. The van der Waals surface area contributed by atoms with Crippen molar-refractivity contribution >= 4 is 21.7 Å². The fourth-order valence-electron chi connectivity index (χ4n) is 2.07.